The summed E-state index contributed by atoms with van der Waals surface area (Å²) in [6.45, 7) is 0.438. The van der Waals surface area contributed by atoms with Crippen LogP contribution in [0.25, 0.3) is 0 Å². The van der Waals surface area contributed by atoms with Crippen molar-refractivity contribution in [1.82, 2.24) is 4.98 Å². The summed E-state index contributed by atoms with van der Waals surface area (Å²) >= 11 is 0. The van der Waals surface area contributed by atoms with Gasteiger partial charge in [0.15, 0.2) is 11.5 Å². The molecule has 3 rings (SSSR count). The van der Waals surface area contributed by atoms with Crippen molar-refractivity contribution < 1.29 is 14.2 Å². The van der Waals surface area contributed by atoms with Gasteiger partial charge in [-0.25, -0.2) is 4.98 Å². The quantitative estimate of drug-likeness (QED) is 0.666. The first-order valence-electron chi connectivity index (χ1n) is 8.52. The van der Waals surface area contributed by atoms with Crippen molar-refractivity contribution in [2.24, 2.45) is 0 Å². The van der Waals surface area contributed by atoms with Crippen LogP contribution in [0.4, 0.5) is 11.5 Å². The van der Waals surface area contributed by atoms with E-state index in [2.05, 4.69) is 4.98 Å². The molecule has 3 aromatic rings. The lowest BCUT2D eigenvalue weighted by Crippen LogP contribution is -2.03. The first-order valence-corrected chi connectivity index (χ1v) is 8.52. The predicted octanol–water partition coefficient (Wildman–Crippen LogP) is 3.43. The second kappa shape index (κ2) is 8.31. The van der Waals surface area contributed by atoms with Gasteiger partial charge in [0.25, 0.3) is 0 Å². The van der Waals surface area contributed by atoms with Gasteiger partial charge in [-0.2, -0.15) is 0 Å². The van der Waals surface area contributed by atoms with Crippen LogP contribution in [-0.2, 0) is 13.0 Å². The van der Waals surface area contributed by atoms with Crippen LogP contribution in [-0.4, -0.2) is 19.2 Å². The Kier molecular flexibility index (Phi) is 5.66. The summed E-state index contributed by atoms with van der Waals surface area (Å²) < 4.78 is 16.6. The average molecular weight is 365 g/mol. The molecule has 0 aliphatic rings. The number of nitrogens with zero attached hydrogens (tertiary/aromatic N) is 1. The van der Waals surface area contributed by atoms with E-state index in [4.69, 9.17) is 25.7 Å². The molecule has 0 saturated carbocycles. The molecule has 1 heterocycles. The Hall–Kier alpha value is -3.41. The van der Waals surface area contributed by atoms with Gasteiger partial charge in [-0.05, 0) is 53.4 Å². The first-order chi connectivity index (χ1) is 13.1. The molecule has 6 heteroatoms. The van der Waals surface area contributed by atoms with E-state index in [-0.39, 0.29) is 0 Å². The summed E-state index contributed by atoms with van der Waals surface area (Å²) in [7, 11) is 3.27. The van der Waals surface area contributed by atoms with E-state index >= 15 is 0 Å². The van der Waals surface area contributed by atoms with Crippen molar-refractivity contribution in [1.29, 1.82) is 0 Å². The van der Waals surface area contributed by atoms with E-state index in [0.29, 0.717) is 36.0 Å². The average Bonchev–Trinajstić information content (AvgIpc) is 2.70. The number of anilines is 2. The van der Waals surface area contributed by atoms with E-state index in [1.807, 2.05) is 48.5 Å². The molecule has 2 aromatic carbocycles. The normalized spacial score (nSPS) is 10.4. The van der Waals surface area contributed by atoms with Gasteiger partial charge in [-0.15, -0.1) is 0 Å². The lowest BCUT2D eigenvalue weighted by atomic mass is 10.0. The Morgan fingerprint density at radius 2 is 1.59 bits per heavy atom. The van der Waals surface area contributed by atoms with Crippen molar-refractivity contribution in [2.75, 3.05) is 25.7 Å². The lowest BCUT2D eigenvalue weighted by molar-refractivity contribution is 0.284. The maximum absolute atomic E-state index is 6.01. The Labute approximate surface area is 158 Å². The molecule has 6 nitrogen and oxygen atoms in total. The molecule has 0 radical (unpaired) electrons. The number of pyridine rings is 1. The number of nitrogens with two attached hydrogens (primary N) is 2. The minimum atomic E-state index is 0.346. The van der Waals surface area contributed by atoms with Crippen molar-refractivity contribution in [3.63, 3.8) is 0 Å². The standard InChI is InChI=1S/C21H23N3O3/c1-25-17-6-3-14(4-7-17)13-27-18-8-5-15(12-19(18)26-2)11-16-9-10-24-21(23)20(16)22/h3-10,12H,11,13,22H2,1-2H3,(H2,23,24). The molecule has 0 aliphatic carbocycles. The van der Waals surface area contributed by atoms with Gasteiger partial charge >= 0.3 is 0 Å². The van der Waals surface area contributed by atoms with E-state index in [1.54, 1.807) is 20.4 Å². The molecule has 0 saturated heterocycles. The number of rotatable bonds is 7. The van der Waals surface area contributed by atoms with Crippen molar-refractivity contribution in [3.8, 4) is 17.2 Å². The molecule has 140 valence electrons. The molecule has 0 aliphatic heterocycles. The topological polar surface area (TPSA) is 92.6 Å². The van der Waals surface area contributed by atoms with Crippen molar-refractivity contribution >= 4 is 11.5 Å². The number of ether oxygens (including phenoxy) is 3. The van der Waals surface area contributed by atoms with Gasteiger partial charge in [0.1, 0.15) is 18.2 Å². The smallest absolute Gasteiger partial charge is 0.161 e. The van der Waals surface area contributed by atoms with Gasteiger partial charge in [0.2, 0.25) is 0 Å². The second-order valence-corrected chi connectivity index (χ2v) is 6.07. The Morgan fingerprint density at radius 1 is 0.852 bits per heavy atom. The zero-order valence-corrected chi connectivity index (χ0v) is 15.4. The summed E-state index contributed by atoms with van der Waals surface area (Å²) in [6.07, 6.45) is 2.29. The highest BCUT2D eigenvalue weighted by atomic mass is 16.5. The minimum absolute atomic E-state index is 0.346. The van der Waals surface area contributed by atoms with Crippen LogP contribution in [0.2, 0.25) is 0 Å². The zero-order chi connectivity index (χ0) is 19.2. The van der Waals surface area contributed by atoms with Gasteiger partial charge in [0.05, 0.1) is 19.9 Å². The second-order valence-electron chi connectivity index (χ2n) is 6.07. The number of benzene rings is 2. The largest absolute Gasteiger partial charge is 0.497 e. The highest BCUT2D eigenvalue weighted by Crippen LogP contribution is 2.31. The molecule has 4 N–H and O–H groups in total. The molecular weight excluding hydrogens is 342 g/mol. The van der Waals surface area contributed by atoms with E-state index in [1.165, 1.54) is 0 Å². The van der Waals surface area contributed by atoms with Crippen LogP contribution in [0, 0.1) is 0 Å². The zero-order valence-electron chi connectivity index (χ0n) is 15.4. The number of hydrogen-bond acceptors (Lipinski definition) is 6. The highest BCUT2D eigenvalue weighted by molar-refractivity contribution is 5.63. The highest BCUT2D eigenvalue weighted by Gasteiger charge is 2.09. The van der Waals surface area contributed by atoms with Crippen molar-refractivity contribution in [3.05, 3.63) is 71.4 Å². The molecule has 0 spiro atoms. The van der Waals surface area contributed by atoms with Crippen molar-refractivity contribution in [2.45, 2.75) is 13.0 Å². The van der Waals surface area contributed by atoms with E-state index < -0.39 is 0 Å². The van der Waals surface area contributed by atoms with Gasteiger partial charge < -0.3 is 25.7 Å². The number of aromatic nitrogens is 1. The Bertz CT molecular complexity index is 911. The van der Waals surface area contributed by atoms with E-state index in [9.17, 15) is 0 Å². The number of nitrogen functional groups attached to an aromatic ring is 2. The van der Waals surface area contributed by atoms with Gasteiger partial charge in [0, 0.05) is 6.20 Å². The summed E-state index contributed by atoms with van der Waals surface area (Å²) in [6, 6.07) is 15.5. The van der Waals surface area contributed by atoms with Crippen LogP contribution >= 0.6 is 0 Å². The SMILES string of the molecule is COc1ccc(COc2ccc(Cc3ccnc(N)c3N)cc2OC)cc1. The van der Waals surface area contributed by atoms with Gasteiger partial charge in [-0.1, -0.05) is 18.2 Å². The van der Waals surface area contributed by atoms with E-state index in [0.717, 1.165) is 22.4 Å². The Morgan fingerprint density at radius 3 is 2.30 bits per heavy atom. The third kappa shape index (κ3) is 4.41. The Balaban J connectivity index is 1.72. The van der Waals surface area contributed by atoms with Crippen LogP contribution in [0.1, 0.15) is 16.7 Å². The molecule has 0 unspecified atom stereocenters. The summed E-state index contributed by atoms with van der Waals surface area (Å²) in [5.41, 5.74) is 15.3. The molecule has 0 amide bonds. The van der Waals surface area contributed by atoms with Crippen LogP contribution in [0.15, 0.2) is 54.7 Å². The third-order valence-corrected chi connectivity index (χ3v) is 4.29. The third-order valence-electron chi connectivity index (χ3n) is 4.29. The fourth-order valence-corrected chi connectivity index (χ4v) is 2.73. The molecule has 0 atom stereocenters. The maximum Gasteiger partial charge on any atom is 0.161 e. The predicted molar refractivity (Wildman–Crippen MR) is 106 cm³/mol. The first kappa shape index (κ1) is 18.4. The molecular formula is C21H23N3O3. The number of hydrogen-bond donors (Lipinski definition) is 2. The maximum atomic E-state index is 6.01. The summed E-state index contributed by atoms with van der Waals surface area (Å²) in [4.78, 5) is 3.99. The lowest BCUT2D eigenvalue weighted by Gasteiger charge is -2.13. The number of methoxy groups -OCH3 is 2. The summed E-state index contributed by atoms with van der Waals surface area (Å²) in [5, 5.41) is 0. The monoisotopic (exact) mass is 365 g/mol. The van der Waals surface area contributed by atoms with Crippen LogP contribution < -0.4 is 25.7 Å². The van der Waals surface area contributed by atoms with Crippen LogP contribution in [0.3, 0.4) is 0 Å². The minimum Gasteiger partial charge on any atom is -0.497 e. The molecule has 27 heavy (non-hydrogen) atoms. The fourth-order valence-electron chi connectivity index (χ4n) is 2.73. The summed E-state index contributed by atoms with van der Waals surface area (Å²) in [5.74, 6) is 2.51. The fraction of sp³-hybridized carbons (Fsp3) is 0.190. The van der Waals surface area contributed by atoms with Gasteiger partial charge in [-0.3, -0.25) is 0 Å². The molecule has 1 aromatic heterocycles. The molecule has 0 fully saturated rings. The van der Waals surface area contributed by atoms with Crippen LogP contribution in [0.5, 0.6) is 17.2 Å². The molecule has 0 bridgehead atoms.